The van der Waals surface area contributed by atoms with Gasteiger partial charge in [-0.05, 0) is 23.3 Å². The van der Waals surface area contributed by atoms with Crippen LogP contribution in [0.5, 0.6) is 0 Å². The van der Waals surface area contributed by atoms with Crippen molar-refractivity contribution in [3.8, 4) is 0 Å². The second-order valence-electron chi connectivity index (χ2n) is 5.65. The normalized spacial score (nSPS) is 12.6. The lowest BCUT2D eigenvalue weighted by atomic mass is 10.0. The minimum atomic E-state index is -4.10. The van der Waals surface area contributed by atoms with Crippen molar-refractivity contribution in [2.24, 2.45) is 5.14 Å². The quantitative estimate of drug-likeness (QED) is 0.477. The van der Waals surface area contributed by atoms with Crippen molar-refractivity contribution in [2.45, 2.75) is 16.1 Å². The van der Waals surface area contributed by atoms with Crippen molar-refractivity contribution in [1.82, 2.24) is 0 Å². The Morgan fingerprint density at radius 1 is 1.23 bits per heavy atom. The van der Waals surface area contributed by atoms with E-state index in [1.54, 1.807) is 0 Å². The maximum absolute atomic E-state index is 12.1. The van der Waals surface area contributed by atoms with Crippen molar-refractivity contribution in [3.05, 3.63) is 59.2 Å². The van der Waals surface area contributed by atoms with Crippen LogP contribution in [0.1, 0.15) is 21.5 Å². The van der Waals surface area contributed by atoms with Gasteiger partial charge in [-0.2, -0.15) is 0 Å². The fourth-order valence-electron chi connectivity index (χ4n) is 2.44. The molecule has 0 heterocycles. The van der Waals surface area contributed by atoms with Gasteiger partial charge in [-0.15, -0.1) is 0 Å². The monoisotopic (exact) mass is 504 g/mol. The Hall–Kier alpha value is -1.42. The Balaban J connectivity index is 2.60. The molecule has 0 aliphatic heterocycles. The molecular weight excluding hydrogens is 488 g/mol. The second kappa shape index (κ2) is 8.98. The molecule has 0 spiro atoms. The summed E-state index contributed by atoms with van der Waals surface area (Å²) in [6.07, 6.45) is 0.302. The summed E-state index contributed by atoms with van der Waals surface area (Å²) in [5, 5.41) is 18.5. The van der Waals surface area contributed by atoms with Crippen molar-refractivity contribution < 1.29 is 18.3 Å². The van der Waals surface area contributed by atoms with Crippen LogP contribution in [0.4, 0.5) is 5.69 Å². The third-order valence-electron chi connectivity index (χ3n) is 3.67. The number of primary sulfonamides is 1. The molecular formula is C17H18Br2N2O4S. The van der Waals surface area contributed by atoms with Crippen molar-refractivity contribution in [3.63, 3.8) is 0 Å². The first kappa shape index (κ1) is 20.9. The van der Waals surface area contributed by atoms with Crippen LogP contribution in [-0.2, 0) is 16.4 Å². The minimum Gasteiger partial charge on any atom is -0.478 e. The van der Waals surface area contributed by atoms with Gasteiger partial charge in [0.2, 0.25) is 10.0 Å². The molecule has 0 saturated carbocycles. The maximum atomic E-state index is 12.1. The maximum Gasteiger partial charge on any atom is 0.335 e. The predicted octanol–water partition coefficient (Wildman–Crippen LogP) is 3.19. The van der Waals surface area contributed by atoms with Gasteiger partial charge in [0.15, 0.2) is 0 Å². The average molecular weight is 506 g/mol. The number of nitrogens with one attached hydrogen (secondary N) is 1. The largest absolute Gasteiger partial charge is 0.478 e. The lowest BCUT2D eigenvalue weighted by molar-refractivity contribution is 0.0696. The van der Waals surface area contributed by atoms with E-state index in [9.17, 15) is 18.3 Å². The van der Waals surface area contributed by atoms with E-state index in [-0.39, 0.29) is 15.3 Å². The molecule has 0 saturated heterocycles. The number of anilines is 1. The van der Waals surface area contributed by atoms with Gasteiger partial charge in [-0.3, -0.25) is 0 Å². The highest BCUT2D eigenvalue weighted by Gasteiger charge is 2.22. The molecule has 1 atom stereocenters. The first-order valence-electron chi connectivity index (χ1n) is 7.63. The number of benzene rings is 2. The van der Waals surface area contributed by atoms with Gasteiger partial charge in [-0.25, -0.2) is 18.4 Å². The summed E-state index contributed by atoms with van der Waals surface area (Å²) < 4.78 is 24.2. The number of nitrogens with two attached hydrogens (primary N) is 1. The third kappa shape index (κ3) is 5.54. The number of hydrogen-bond acceptors (Lipinski definition) is 4. The van der Waals surface area contributed by atoms with Crippen LogP contribution in [0.2, 0.25) is 0 Å². The Morgan fingerprint density at radius 2 is 1.88 bits per heavy atom. The molecule has 2 aromatic rings. The summed E-state index contributed by atoms with van der Waals surface area (Å²) in [4.78, 5) is 11.3. The van der Waals surface area contributed by atoms with Crippen LogP contribution in [-0.4, -0.2) is 36.2 Å². The van der Waals surface area contributed by atoms with E-state index < -0.39 is 16.0 Å². The zero-order valence-corrected chi connectivity index (χ0v) is 17.6. The molecule has 0 aromatic heterocycles. The molecule has 0 fully saturated rings. The van der Waals surface area contributed by atoms with Gasteiger partial charge in [0, 0.05) is 28.8 Å². The summed E-state index contributed by atoms with van der Waals surface area (Å²) in [7, 11) is -4.10. The molecule has 0 amide bonds. The Bertz CT molecular complexity index is 889. The number of aromatic carboxylic acids is 1. The Labute approximate surface area is 169 Å². The van der Waals surface area contributed by atoms with Gasteiger partial charge in [0.05, 0.1) is 10.5 Å². The van der Waals surface area contributed by atoms with Crippen LogP contribution in [0.3, 0.4) is 0 Å². The fourth-order valence-corrected chi connectivity index (χ4v) is 3.65. The lowest BCUT2D eigenvalue weighted by Gasteiger charge is -2.18. The summed E-state index contributed by atoms with van der Waals surface area (Å²) in [5.74, 6) is -1.22. The molecule has 2 aromatic carbocycles. The topological polar surface area (TPSA) is 109 Å². The van der Waals surface area contributed by atoms with Gasteiger partial charge < -0.3 is 10.4 Å². The van der Waals surface area contributed by atoms with Gasteiger partial charge in [0.25, 0.3) is 0 Å². The zero-order chi connectivity index (χ0) is 19.3. The molecule has 1 unspecified atom stereocenters. The molecule has 0 aliphatic rings. The molecule has 26 heavy (non-hydrogen) atoms. The highest BCUT2D eigenvalue weighted by Crippen LogP contribution is 2.29. The number of alkyl halides is 2. The van der Waals surface area contributed by atoms with E-state index in [2.05, 4.69) is 37.2 Å². The first-order valence-corrected chi connectivity index (χ1v) is 11.2. The van der Waals surface area contributed by atoms with Crippen LogP contribution in [0.15, 0.2) is 47.4 Å². The summed E-state index contributed by atoms with van der Waals surface area (Å²) in [6.45, 7) is 0.472. The molecule has 0 bridgehead atoms. The molecule has 2 rings (SSSR count). The van der Waals surface area contributed by atoms with E-state index in [0.29, 0.717) is 29.5 Å². The molecule has 0 radical (unpaired) electrons. The van der Waals surface area contributed by atoms with E-state index in [1.165, 1.54) is 6.07 Å². The van der Waals surface area contributed by atoms with E-state index in [0.717, 1.165) is 11.6 Å². The van der Waals surface area contributed by atoms with Crippen LogP contribution in [0.25, 0.3) is 0 Å². The van der Waals surface area contributed by atoms with Crippen molar-refractivity contribution in [2.75, 3.05) is 17.2 Å². The number of hydrogen-bond donors (Lipinski definition) is 3. The van der Waals surface area contributed by atoms with Crippen LogP contribution in [0, 0.1) is 0 Å². The van der Waals surface area contributed by atoms with Crippen LogP contribution >= 0.6 is 31.9 Å². The summed E-state index contributed by atoms with van der Waals surface area (Å²) in [6, 6.07) is 11.8. The Kier molecular flexibility index (Phi) is 7.22. The zero-order valence-electron chi connectivity index (χ0n) is 13.7. The SMILES string of the molecule is NS(=O)(=O)c1cc(C(=O)O)cc(NCC(Br)CBr)c1Cc1ccccc1. The first-order chi connectivity index (χ1) is 12.2. The number of halogens is 2. The van der Waals surface area contributed by atoms with Gasteiger partial charge in [0.1, 0.15) is 0 Å². The van der Waals surface area contributed by atoms with Gasteiger partial charge in [-0.1, -0.05) is 62.2 Å². The van der Waals surface area contributed by atoms with Crippen LogP contribution < -0.4 is 10.5 Å². The minimum absolute atomic E-state index is 0.0819. The molecule has 0 aliphatic carbocycles. The number of sulfonamides is 1. The van der Waals surface area contributed by atoms with Crippen molar-refractivity contribution in [1.29, 1.82) is 0 Å². The van der Waals surface area contributed by atoms with E-state index in [4.69, 9.17) is 5.14 Å². The Morgan fingerprint density at radius 3 is 2.42 bits per heavy atom. The smallest absolute Gasteiger partial charge is 0.335 e. The molecule has 140 valence electrons. The summed E-state index contributed by atoms with van der Waals surface area (Å²) >= 11 is 6.81. The number of carboxylic acid groups (broad SMARTS) is 1. The predicted molar refractivity (Wildman–Crippen MR) is 109 cm³/mol. The lowest BCUT2D eigenvalue weighted by Crippen LogP contribution is -2.20. The second-order valence-corrected chi connectivity index (χ2v) is 9.12. The van der Waals surface area contributed by atoms with E-state index >= 15 is 0 Å². The standard InChI is InChI=1S/C17H18Br2N2O4S/c18-9-13(19)10-21-15-7-12(17(22)23)8-16(26(20,24)25)14(15)6-11-4-2-1-3-5-11/h1-5,7-8,13,21H,6,9-10H2,(H,22,23)(H2,20,24,25). The molecule has 4 N–H and O–H groups in total. The van der Waals surface area contributed by atoms with Crippen molar-refractivity contribution >= 4 is 53.5 Å². The average Bonchev–Trinajstić information content (AvgIpc) is 2.60. The molecule has 6 nitrogen and oxygen atoms in total. The highest BCUT2D eigenvalue weighted by atomic mass is 79.9. The third-order valence-corrected chi connectivity index (χ3v) is 6.94. The number of carboxylic acids is 1. The van der Waals surface area contributed by atoms with E-state index in [1.807, 2.05) is 30.3 Å². The molecule has 9 heteroatoms. The number of rotatable bonds is 8. The fraction of sp³-hybridized carbons (Fsp3) is 0.235. The number of carbonyl (C=O) groups is 1. The highest BCUT2D eigenvalue weighted by molar-refractivity contribution is 9.12. The van der Waals surface area contributed by atoms with Gasteiger partial charge >= 0.3 is 5.97 Å². The summed E-state index contributed by atoms with van der Waals surface area (Å²) in [5.41, 5.74) is 1.62.